The SMILES string of the molecule is CCNC(CC)c1ccc(SC(C)C(C)O)cc1. The average Bonchev–Trinajstić information content (AvgIpc) is 2.37. The van der Waals surface area contributed by atoms with Crippen LogP contribution in [0.15, 0.2) is 29.2 Å². The topological polar surface area (TPSA) is 32.3 Å². The van der Waals surface area contributed by atoms with Gasteiger partial charge in [0.15, 0.2) is 0 Å². The minimum Gasteiger partial charge on any atom is -0.392 e. The van der Waals surface area contributed by atoms with Crippen molar-refractivity contribution in [2.24, 2.45) is 0 Å². The highest BCUT2D eigenvalue weighted by Crippen LogP contribution is 2.27. The van der Waals surface area contributed by atoms with Crippen LogP contribution in [0.25, 0.3) is 0 Å². The first-order chi connectivity index (χ1) is 8.58. The van der Waals surface area contributed by atoms with Crippen molar-refractivity contribution in [3.63, 3.8) is 0 Å². The number of hydrogen-bond donors (Lipinski definition) is 2. The number of hydrogen-bond acceptors (Lipinski definition) is 3. The van der Waals surface area contributed by atoms with E-state index in [9.17, 15) is 5.11 Å². The van der Waals surface area contributed by atoms with Gasteiger partial charge in [-0.1, -0.05) is 32.9 Å². The molecule has 102 valence electrons. The van der Waals surface area contributed by atoms with Gasteiger partial charge in [-0.3, -0.25) is 0 Å². The van der Waals surface area contributed by atoms with Gasteiger partial charge in [-0.15, -0.1) is 11.8 Å². The summed E-state index contributed by atoms with van der Waals surface area (Å²) in [7, 11) is 0. The van der Waals surface area contributed by atoms with Crippen molar-refractivity contribution in [1.82, 2.24) is 5.32 Å². The zero-order chi connectivity index (χ0) is 13.5. The molecule has 3 heteroatoms. The molecule has 0 saturated heterocycles. The van der Waals surface area contributed by atoms with E-state index in [-0.39, 0.29) is 11.4 Å². The molecule has 0 radical (unpaired) electrons. The molecule has 1 rings (SSSR count). The van der Waals surface area contributed by atoms with Crippen LogP contribution in [-0.2, 0) is 0 Å². The Kier molecular flexibility index (Phi) is 6.76. The van der Waals surface area contributed by atoms with E-state index in [1.165, 1.54) is 10.5 Å². The van der Waals surface area contributed by atoms with Crippen LogP contribution >= 0.6 is 11.8 Å². The molecular formula is C15H25NOS. The van der Waals surface area contributed by atoms with Crippen LogP contribution in [0.5, 0.6) is 0 Å². The third-order valence-corrected chi connectivity index (χ3v) is 4.45. The summed E-state index contributed by atoms with van der Waals surface area (Å²) in [6.07, 6.45) is 0.824. The maximum atomic E-state index is 9.50. The lowest BCUT2D eigenvalue weighted by Crippen LogP contribution is -2.19. The summed E-state index contributed by atoms with van der Waals surface area (Å²) in [4.78, 5) is 1.22. The van der Waals surface area contributed by atoms with Gasteiger partial charge in [-0.05, 0) is 37.6 Å². The van der Waals surface area contributed by atoms with Gasteiger partial charge >= 0.3 is 0 Å². The molecule has 0 bridgehead atoms. The van der Waals surface area contributed by atoms with Crippen LogP contribution < -0.4 is 5.32 Å². The third kappa shape index (κ3) is 4.63. The second kappa shape index (κ2) is 7.82. The van der Waals surface area contributed by atoms with Crippen LogP contribution in [0.2, 0.25) is 0 Å². The largest absolute Gasteiger partial charge is 0.392 e. The molecule has 3 unspecified atom stereocenters. The Bertz CT molecular complexity index is 337. The molecule has 0 spiro atoms. The molecule has 0 saturated carbocycles. The number of benzene rings is 1. The van der Waals surface area contributed by atoms with Gasteiger partial charge in [0.25, 0.3) is 0 Å². The van der Waals surface area contributed by atoms with Crippen molar-refractivity contribution in [2.45, 2.75) is 56.4 Å². The molecule has 18 heavy (non-hydrogen) atoms. The molecule has 0 aliphatic heterocycles. The molecule has 1 aromatic carbocycles. The van der Waals surface area contributed by atoms with E-state index < -0.39 is 0 Å². The Balaban J connectivity index is 2.67. The quantitative estimate of drug-likeness (QED) is 0.740. The van der Waals surface area contributed by atoms with E-state index >= 15 is 0 Å². The minimum absolute atomic E-state index is 0.228. The minimum atomic E-state index is -0.278. The smallest absolute Gasteiger partial charge is 0.0631 e. The Labute approximate surface area is 115 Å². The molecule has 3 atom stereocenters. The fourth-order valence-electron chi connectivity index (χ4n) is 1.84. The van der Waals surface area contributed by atoms with Crippen molar-refractivity contribution in [3.8, 4) is 0 Å². The van der Waals surface area contributed by atoms with Gasteiger partial charge in [-0.25, -0.2) is 0 Å². The fraction of sp³-hybridized carbons (Fsp3) is 0.600. The van der Waals surface area contributed by atoms with Crippen molar-refractivity contribution in [1.29, 1.82) is 0 Å². The third-order valence-electron chi connectivity index (χ3n) is 3.14. The Hall–Kier alpha value is -0.510. The molecule has 0 aromatic heterocycles. The summed E-state index contributed by atoms with van der Waals surface area (Å²) >= 11 is 1.72. The fourth-order valence-corrected chi connectivity index (χ4v) is 2.76. The van der Waals surface area contributed by atoms with Crippen molar-refractivity contribution in [3.05, 3.63) is 29.8 Å². The number of thioether (sulfide) groups is 1. The van der Waals surface area contributed by atoms with Gasteiger partial charge in [0.2, 0.25) is 0 Å². The number of nitrogens with one attached hydrogen (secondary N) is 1. The highest BCUT2D eigenvalue weighted by Gasteiger charge is 2.11. The van der Waals surface area contributed by atoms with E-state index in [1.807, 2.05) is 6.92 Å². The summed E-state index contributed by atoms with van der Waals surface area (Å²) < 4.78 is 0. The normalized spacial score (nSPS) is 16.3. The van der Waals surface area contributed by atoms with Crippen molar-refractivity contribution in [2.75, 3.05) is 6.54 Å². The maximum absolute atomic E-state index is 9.50. The van der Waals surface area contributed by atoms with Gasteiger partial charge in [-0.2, -0.15) is 0 Å². The summed E-state index contributed by atoms with van der Waals surface area (Å²) in [5.74, 6) is 0. The van der Waals surface area contributed by atoms with E-state index in [4.69, 9.17) is 0 Å². The van der Waals surface area contributed by atoms with Crippen molar-refractivity contribution < 1.29 is 5.11 Å². The summed E-state index contributed by atoms with van der Waals surface area (Å²) in [6, 6.07) is 9.13. The number of aliphatic hydroxyl groups excluding tert-OH is 1. The van der Waals surface area contributed by atoms with E-state index in [1.54, 1.807) is 11.8 Å². The predicted molar refractivity (Wildman–Crippen MR) is 80.2 cm³/mol. The second-order valence-corrected chi connectivity index (χ2v) is 6.10. The first kappa shape index (κ1) is 15.5. The van der Waals surface area contributed by atoms with Crippen molar-refractivity contribution >= 4 is 11.8 Å². The van der Waals surface area contributed by atoms with Crippen LogP contribution in [0.3, 0.4) is 0 Å². The van der Waals surface area contributed by atoms with Crippen LogP contribution in [-0.4, -0.2) is 23.0 Å². The highest BCUT2D eigenvalue weighted by molar-refractivity contribution is 8.00. The molecule has 0 aliphatic rings. The van der Waals surface area contributed by atoms with Crippen LogP contribution in [0.1, 0.15) is 45.7 Å². The maximum Gasteiger partial charge on any atom is 0.0631 e. The molecule has 2 N–H and O–H groups in total. The molecule has 2 nitrogen and oxygen atoms in total. The van der Waals surface area contributed by atoms with Gasteiger partial charge in [0.05, 0.1) is 6.10 Å². The van der Waals surface area contributed by atoms with Gasteiger partial charge in [0.1, 0.15) is 0 Å². The number of rotatable bonds is 7. The lowest BCUT2D eigenvalue weighted by molar-refractivity contribution is 0.196. The lowest BCUT2D eigenvalue weighted by Gasteiger charge is -2.18. The van der Waals surface area contributed by atoms with Gasteiger partial charge < -0.3 is 10.4 Å². The number of aliphatic hydroxyl groups is 1. The zero-order valence-corrected chi connectivity index (χ0v) is 12.6. The van der Waals surface area contributed by atoms with E-state index in [0.717, 1.165) is 13.0 Å². The molecule has 0 amide bonds. The average molecular weight is 267 g/mol. The monoisotopic (exact) mass is 267 g/mol. The molecule has 0 heterocycles. The van der Waals surface area contributed by atoms with Gasteiger partial charge in [0, 0.05) is 16.2 Å². The summed E-state index contributed by atoms with van der Waals surface area (Å²) in [5, 5.41) is 13.2. The Morgan fingerprint density at radius 2 is 1.78 bits per heavy atom. The predicted octanol–water partition coefficient (Wildman–Crippen LogP) is 3.61. The molecule has 0 aliphatic carbocycles. The first-order valence-electron chi connectivity index (χ1n) is 6.76. The Morgan fingerprint density at radius 3 is 2.22 bits per heavy atom. The molecular weight excluding hydrogens is 242 g/mol. The Morgan fingerprint density at radius 1 is 1.17 bits per heavy atom. The molecule has 1 aromatic rings. The van der Waals surface area contributed by atoms with E-state index in [0.29, 0.717) is 6.04 Å². The molecule has 0 fully saturated rings. The summed E-state index contributed by atoms with van der Waals surface area (Å²) in [6.45, 7) is 9.22. The van der Waals surface area contributed by atoms with E-state index in [2.05, 4.69) is 50.4 Å². The highest BCUT2D eigenvalue weighted by atomic mass is 32.2. The zero-order valence-electron chi connectivity index (χ0n) is 11.8. The van der Waals surface area contributed by atoms with Crippen LogP contribution in [0.4, 0.5) is 0 Å². The first-order valence-corrected chi connectivity index (χ1v) is 7.64. The lowest BCUT2D eigenvalue weighted by atomic mass is 10.1. The standard InChI is InChI=1S/C15H25NOS/c1-5-15(16-6-2)13-7-9-14(10-8-13)18-12(4)11(3)17/h7-12,15-17H,5-6H2,1-4H3. The summed E-state index contributed by atoms with van der Waals surface area (Å²) in [5.41, 5.74) is 1.34. The van der Waals surface area contributed by atoms with Crippen LogP contribution in [0, 0.1) is 0 Å². The second-order valence-electron chi connectivity index (χ2n) is 4.65.